The summed E-state index contributed by atoms with van der Waals surface area (Å²) in [7, 11) is -2.92. The van der Waals surface area contributed by atoms with E-state index in [0.29, 0.717) is 25.2 Å². The van der Waals surface area contributed by atoms with Crippen LogP contribution in [0.4, 0.5) is 0 Å². The Bertz CT molecular complexity index is 1760. The van der Waals surface area contributed by atoms with Crippen LogP contribution in [-0.4, -0.2) is 37.1 Å². The highest BCUT2D eigenvalue weighted by atomic mass is 32.2. The fourth-order valence-electron chi connectivity index (χ4n) is 5.42. The molecule has 0 aliphatic carbocycles. The van der Waals surface area contributed by atoms with Crippen molar-refractivity contribution in [1.29, 1.82) is 0 Å². The quantitative estimate of drug-likeness (QED) is 0.202. The molecule has 218 valence electrons. The van der Waals surface area contributed by atoms with Gasteiger partial charge in [-0.25, -0.2) is 8.42 Å². The number of sulfone groups is 1. The molecule has 8 heteroatoms. The fraction of sp³-hybridized carbons (Fsp3) is 0.324. The largest absolute Gasteiger partial charge is 0.490 e. The van der Waals surface area contributed by atoms with Gasteiger partial charge in [0.1, 0.15) is 24.2 Å². The van der Waals surface area contributed by atoms with Gasteiger partial charge in [-0.3, -0.25) is 4.79 Å². The fourth-order valence-corrected chi connectivity index (χ4v) is 7.93. The number of carboxylic acids is 1. The van der Waals surface area contributed by atoms with E-state index in [1.165, 1.54) is 20.5 Å². The number of thiophene rings is 1. The van der Waals surface area contributed by atoms with Gasteiger partial charge in [0.25, 0.3) is 0 Å². The molecule has 2 heterocycles. The number of benzene rings is 3. The van der Waals surface area contributed by atoms with Crippen molar-refractivity contribution < 1.29 is 27.8 Å². The molecule has 1 aromatic heterocycles. The van der Waals surface area contributed by atoms with E-state index >= 15 is 0 Å². The Morgan fingerprint density at radius 2 is 1.74 bits per heavy atom. The minimum atomic E-state index is -2.92. The highest BCUT2D eigenvalue weighted by Gasteiger charge is 2.25. The first-order valence-corrected chi connectivity index (χ1v) is 16.6. The number of carbonyl (C=O) groups is 1. The second-order valence-electron chi connectivity index (χ2n) is 10.7. The van der Waals surface area contributed by atoms with Gasteiger partial charge in [0, 0.05) is 20.5 Å². The topological polar surface area (TPSA) is 89.9 Å². The molecule has 0 amide bonds. The lowest BCUT2D eigenvalue weighted by molar-refractivity contribution is -0.137. The molecule has 0 spiro atoms. The van der Waals surface area contributed by atoms with E-state index in [-0.39, 0.29) is 29.9 Å². The molecule has 1 N–H and O–H groups in total. The smallest absolute Gasteiger partial charge is 0.304 e. The predicted molar refractivity (Wildman–Crippen MR) is 168 cm³/mol. The van der Waals surface area contributed by atoms with Crippen molar-refractivity contribution in [2.24, 2.45) is 0 Å². The maximum Gasteiger partial charge on any atom is 0.304 e. The third-order valence-electron chi connectivity index (χ3n) is 7.59. The Labute approximate surface area is 251 Å². The molecule has 0 radical (unpaired) electrons. The number of ether oxygens (including phenoxy) is 2. The molecule has 42 heavy (non-hydrogen) atoms. The molecule has 1 saturated heterocycles. The van der Waals surface area contributed by atoms with Crippen molar-refractivity contribution in [2.45, 2.75) is 58.7 Å². The van der Waals surface area contributed by atoms with E-state index in [0.717, 1.165) is 28.0 Å². The van der Waals surface area contributed by atoms with Gasteiger partial charge in [0.15, 0.2) is 9.84 Å². The van der Waals surface area contributed by atoms with Crippen LogP contribution in [-0.2, 0) is 21.2 Å². The molecule has 1 aliphatic heterocycles. The number of aryl methyl sites for hydroxylation is 2. The lowest BCUT2D eigenvalue weighted by Crippen LogP contribution is -2.30. The van der Waals surface area contributed by atoms with Crippen molar-refractivity contribution in [3.05, 3.63) is 82.2 Å². The van der Waals surface area contributed by atoms with Gasteiger partial charge in [0.05, 0.1) is 23.8 Å². The highest BCUT2D eigenvalue weighted by Crippen LogP contribution is 2.41. The zero-order valence-corrected chi connectivity index (χ0v) is 25.6. The van der Waals surface area contributed by atoms with Gasteiger partial charge in [0.2, 0.25) is 0 Å². The standard InChI is InChI=1S/C34H34O6S2/c1-4-5-26(20-33(35)36)25-7-9-27(10-8-25)39-21-24-6-13-32-31(19-24)34(23(3)41-32)30-12-11-29(18-22(30)2)40-28-14-16-42(37,38)17-15-28/h6-13,18-19,26,28H,14-17,20-21H2,1-3H3,(H,35,36). The van der Waals surface area contributed by atoms with E-state index in [2.05, 4.69) is 50.0 Å². The number of fused-ring (bicyclic) bond motifs is 1. The van der Waals surface area contributed by atoms with Crippen molar-refractivity contribution in [2.75, 3.05) is 11.5 Å². The molecule has 0 saturated carbocycles. The first kappa shape index (κ1) is 29.7. The normalized spacial score (nSPS) is 15.5. The second-order valence-corrected chi connectivity index (χ2v) is 14.3. The zero-order chi connectivity index (χ0) is 29.9. The van der Waals surface area contributed by atoms with Gasteiger partial charge < -0.3 is 14.6 Å². The highest BCUT2D eigenvalue weighted by molar-refractivity contribution is 7.91. The van der Waals surface area contributed by atoms with Crippen LogP contribution in [0.1, 0.15) is 53.7 Å². The summed E-state index contributed by atoms with van der Waals surface area (Å²) in [4.78, 5) is 12.4. The average Bonchev–Trinajstić information content (AvgIpc) is 3.28. The Kier molecular flexibility index (Phi) is 8.91. The Balaban J connectivity index is 1.31. The van der Waals surface area contributed by atoms with E-state index in [4.69, 9.17) is 9.47 Å². The summed E-state index contributed by atoms with van der Waals surface area (Å²) >= 11 is 1.77. The summed E-state index contributed by atoms with van der Waals surface area (Å²) in [6.45, 7) is 6.34. The number of aliphatic carboxylic acids is 1. The Morgan fingerprint density at radius 1 is 1.02 bits per heavy atom. The van der Waals surface area contributed by atoms with Crippen molar-refractivity contribution in [3.8, 4) is 34.5 Å². The van der Waals surface area contributed by atoms with Crippen LogP contribution >= 0.6 is 11.3 Å². The molecule has 1 fully saturated rings. The molecule has 3 aromatic carbocycles. The molecular formula is C34H34O6S2. The minimum absolute atomic E-state index is 0.0361. The molecule has 6 nitrogen and oxygen atoms in total. The number of rotatable bonds is 9. The van der Waals surface area contributed by atoms with Crippen LogP contribution in [0, 0.1) is 25.7 Å². The van der Waals surface area contributed by atoms with E-state index < -0.39 is 15.8 Å². The summed E-state index contributed by atoms with van der Waals surface area (Å²) in [6, 6.07) is 20.0. The zero-order valence-electron chi connectivity index (χ0n) is 24.0. The van der Waals surface area contributed by atoms with Gasteiger partial charge in [-0.05, 0) is 92.3 Å². The van der Waals surface area contributed by atoms with Crippen molar-refractivity contribution in [3.63, 3.8) is 0 Å². The number of carboxylic acid groups (broad SMARTS) is 1. The van der Waals surface area contributed by atoms with E-state index in [9.17, 15) is 18.3 Å². The Morgan fingerprint density at radius 3 is 2.40 bits per heavy atom. The van der Waals surface area contributed by atoms with Crippen LogP contribution in [0.15, 0.2) is 60.7 Å². The summed E-state index contributed by atoms with van der Waals surface area (Å²) in [6.07, 6.45) is 0.958. The van der Waals surface area contributed by atoms with Gasteiger partial charge in [-0.15, -0.1) is 17.3 Å². The van der Waals surface area contributed by atoms with Crippen LogP contribution in [0.5, 0.6) is 11.5 Å². The summed E-state index contributed by atoms with van der Waals surface area (Å²) in [5.41, 5.74) is 5.37. The summed E-state index contributed by atoms with van der Waals surface area (Å²) in [5, 5.41) is 10.4. The van der Waals surface area contributed by atoms with Crippen LogP contribution in [0.3, 0.4) is 0 Å². The maximum absolute atomic E-state index is 11.8. The Hall–Kier alpha value is -3.80. The van der Waals surface area contributed by atoms with E-state index in [1.54, 1.807) is 18.3 Å². The second kappa shape index (κ2) is 12.6. The lowest BCUT2D eigenvalue weighted by Gasteiger charge is -2.23. The lowest BCUT2D eigenvalue weighted by atomic mass is 9.96. The minimum Gasteiger partial charge on any atom is -0.490 e. The predicted octanol–water partition coefficient (Wildman–Crippen LogP) is 7.30. The summed E-state index contributed by atoms with van der Waals surface area (Å²) in [5.74, 6) is 6.43. The van der Waals surface area contributed by atoms with Crippen molar-refractivity contribution >= 4 is 37.2 Å². The van der Waals surface area contributed by atoms with Crippen LogP contribution < -0.4 is 9.47 Å². The monoisotopic (exact) mass is 602 g/mol. The molecule has 1 unspecified atom stereocenters. The molecule has 1 atom stereocenters. The van der Waals surface area contributed by atoms with E-state index in [1.807, 2.05) is 36.4 Å². The molecule has 5 rings (SSSR count). The maximum atomic E-state index is 11.8. The number of hydrogen-bond donors (Lipinski definition) is 1. The van der Waals surface area contributed by atoms with Gasteiger partial charge >= 0.3 is 5.97 Å². The number of hydrogen-bond acceptors (Lipinski definition) is 6. The first-order valence-electron chi connectivity index (χ1n) is 14.0. The first-order chi connectivity index (χ1) is 20.1. The molecule has 1 aliphatic rings. The molecule has 0 bridgehead atoms. The van der Waals surface area contributed by atoms with Crippen LogP contribution in [0.2, 0.25) is 0 Å². The SMILES string of the molecule is CC#CC(CC(=O)O)c1ccc(OCc2ccc3sc(C)c(-c4ccc(OC5CCS(=O)(=O)CC5)cc4C)c3c2)cc1. The summed E-state index contributed by atoms with van der Waals surface area (Å²) < 4.78 is 37.0. The van der Waals surface area contributed by atoms with Gasteiger partial charge in [-0.1, -0.05) is 30.2 Å². The van der Waals surface area contributed by atoms with Crippen molar-refractivity contribution in [1.82, 2.24) is 0 Å². The molecule has 4 aromatic rings. The van der Waals surface area contributed by atoms with Gasteiger partial charge in [-0.2, -0.15) is 0 Å². The third-order valence-corrected chi connectivity index (χ3v) is 10.4. The average molecular weight is 603 g/mol. The molecular weight excluding hydrogens is 569 g/mol. The van der Waals surface area contributed by atoms with Crippen LogP contribution in [0.25, 0.3) is 21.2 Å². The third kappa shape index (κ3) is 6.97.